The van der Waals surface area contributed by atoms with E-state index in [1.165, 1.54) is 0 Å². The van der Waals surface area contributed by atoms with E-state index in [9.17, 15) is 5.11 Å². The second kappa shape index (κ2) is 8.34. The highest BCUT2D eigenvalue weighted by Crippen LogP contribution is 2.31. The van der Waals surface area contributed by atoms with Crippen molar-refractivity contribution < 1.29 is 5.11 Å². The summed E-state index contributed by atoms with van der Waals surface area (Å²) in [6.07, 6.45) is 0. The van der Waals surface area contributed by atoms with E-state index in [4.69, 9.17) is 9.97 Å². The molecule has 8 heteroatoms. The number of rotatable bonds is 6. The number of hydrogen-bond acceptors (Lipinski definition) is 7. The molecule has 8 nitrogen and oxygen atoms in total. The number of aromatic hydroxyl groups is 1. The molecule has 1 saturated heterocycles. The molecule has 3 aromatic rings. The van der Waals surface area contributed by atoms with Crippen molar-refractivity contribution >= 4 is 17.1 Å². The van der Waals surface area contributed by atoms with E-state index in [1.54, 1.807) is 6.07 Å². The first kappa shape index (κ1) is 19.6. The maximum absolute atomic E-state index is 10.5. The summed E-state index contributed by atoms with van der Waals surface area (Å²) in [5.41, 5.74) is 3.12. The zero-order valence-corrected chi connectivity index (χ0v) is 17.3. The fourth-order valence-corrected chi connectivity index (χ4v) is 3.72. The topological polar surface area (TPSA) is 91.1 Å². The molecule has 1 aromatic carbocycles. The predicted molar refractivity (Wildman–Crippen MR) is 115 cm³/mol. The molecule has 0 saturated carbocycles. The van der Waals surface area contributed by atoms with E-state index in [-0.39, 0.29) is 11.8 Å². The van der Waals surface area contributed by atoms with E-state index in [1.807, 2.05) is 25.1 Å². The van der Waals surface area contributed by atoms with Crippen molar-refractivity contribution in [3.8, 4) is 17.1 Å². The predicted octanol–water partition coefficient (Wildman–Crippen LogP) is 2.23. The minimum absolute atomic E-state index is 0.220. The molecule has 29 heavy (non-hydrogen) atoms. The Morgan fingerprint density at radius 1 is 1.10 bits per heavy atom. The number of aryl methyl sites for hydroxylation is 1. The largest absolute Gasteiger partial charge is 0.507 e. The summed E-state index contributed by atoms with van der Waals surface area (Å²) in [6.45, 7) is 11.8. The molecule has 1 fully saturated rings. The molecule has 0 unspecified atom stereocenters. The molecule has 0 bridgehead atoms. The van der Waals surface area contributed by atoms with Gasteiger partial charge in [-0.3, -0.25) is 4.90 Å². The Labute approximate surface area is 171 Å². The molecule has 1 aliphatic rings. The van der Waals surface area contributed by atoms with Gasteiger partial charge in [-0.2, -0.15) is 4.98 Å². The molecule has 0 atom stereocenters. The first-order chi connectivity index (χ1) is 14.0. The Kier molecular flexibility index (Phi) is 5.64. The van der Waals surface area contributed by atoms with E-state index in [0.29, 0.717) is 11.5 Å². The SMILES string of the molecule is Cc1nc(NC(C)C)nc2c1nc(-c1ccccc1O)n2CCN1CCNCC1. The van der Waals surface area contributed by atoms with Gasteiger partial charge in [-0.15, -0.1) is 0 Å². The maximum Gasteiger partial charge on any atom is 0.225 e. The molecule has 0 aliphatic carbocycles. The van der Waals surface area contributed by atoms with Gasteiger partial charge in [0.05, 0.1) is 11.3 Å². The lowest BCUT2D eigenvalue weighted by Crippen LogP contribution is -2.44. The van der Waals surface area contributed by atoms with Crippen LogP contribution >= 0.6 is 0 Å². The fraction of sp³-hybridized carbons (Fsp3) is 0.476. The lowest BCUT2D eigenvalue weighted by Gasteiger charge is -2.27. The Balaban J connectivity index is 1.79. The van der Waals surface area contributed by atoms with E-state index in [2.05, 4.69) is 38.9 Å². The average Bonchev–Trinajstić information content (AvgIpc) is 3.06. The fourth-order valence-electron chi connectivity index (χ4n) is 3.72. The van der Waals surface area contributed by atoms with Crippen molar-refractivity contribution in [1.29, 1.82) is 0 Å². The van der Waals surface area contributed by atoms with Gasteiger partial charge in [0.1, 0.15) is 17.1 Å². The van der Waals surface area contributed by atoms with Crippen LogP contribution in [0, 0.1) is 6.92 Å². The van der Waals surface area contributed by atoms with Crippen LogP contribution in [-0.4, -0.2) is 68.3 Å². The summed E-state index contributed by atoms with van der Waals surface area (Å²) in [7, 11) is 0. The molecular weight excluding hydrogens is 366 g/mol. The number of nitrogens with one attached hydrogen (secondary N) is 2. The third-order valence-electron chi connectivity index (χ3n) is 5.18. The third kappa shape index (κ3) is 4.18. The van der Waals surface area contributed by atoms with Gasteiger partial charge in [0, 0.05) is 45.3 Å². The van der Waals surface area contributed by atoms with Crippen LogP contribution < -0.4 is 10.6 Å². The monoisotopic (exact) mass is 395 g/mol. The average molecular weight is 396 g/mol. The normalized spacial score (nSPS) is 15.3. The lowest BCUT2D eigenvalue weighted by atomic mass is 10.2. The minimum atomic E-state index is 0.220. The number of phenols is 1. The zero-order valence-electron chi connectivity index (χ0n) is 17.3. The maximum atomic E-state index is 10.5. The zero-order chi connectivity index (χ0) is 20.4. The summed E-state index contributed by atoms with van der Waals surface area (Å²) >= 11 is 0. The van der Waals surface area contributed by atoms with Crippen LogP contribution in [0.2, 0.25) is 0 Å². The molecule has 0 amide bonds. The van der Waals surface area contributed by atoms with Gasteiger partial charge in [-0.25, -0.2) is 9.97 Å². The number of fused-ring (bicyclic) bond motifs is 1. The Morgan fingerprint density at radius 2 is 1.86 bits per heavy atom. The van der Waals surface area contributed by atoms with Crippen LogP contribution in [0.3, 0.4) is 0 Å². The standard InChI is InChI=1S/C21H29N7O/c1-14(2)23-21-24-15(3)18-20(26-21)28(13-12-27-10-8-22-9-11-27)19(25-18)16-6-4-5-7-17(16)29/h4-7,14,22,29H,8-13H2,1-3H3,(H,23,24,26). The molecule has 3 heterocycles. The summed E-state index contributed by atoms with van der Waals surface area (Å²) < 4.78 is 2.12. The van der Waals surface area contributed by atoms with Crippen molar-refractivity contribution in [1.82, 2.24) is 29.7 Å². The Hall–Kier alpha value is -2.71. The number of nitrogens with zero attached hydrogens (tertiary/aromatic N) is 5. The molecule has 3 N–H and O–H groups in total. The van der Waals surface area contributed by atoms with Gasteiger partial charge >= 0.3 is 0 Å². The van der Waals surface area contributed by atoms with Crippen LogP contribution in [0.1, 0.15) is 19.5 Å². The molecular formula is C21H29N7O. The van der Waals surface area contributed by atoms with Crippen LogP contribution in [0.4, 0.5) is 5.95 Å². The van der Waals surface area contributed by atoms with Gasteiger partial charge in [0.25, 0.3) is 0 Å². The highest BCUT2D eigenvalue weighted by atomic mass is 16.3. The van der Waals surface area contributed by atoms with Gasteiger partial charge in [0.2, 0.25) is 5.95 Å². The highest BCUT2D eigenvalue weighted by molar-refractivity contribution is 5.81. The second-order valence-corrected chi connectivity index (χ2v) is 7.80. The number of phenolic OH excluding ortho intramolecular Hbond substituents is 1. The van der Waals surface area contributed by atoms with Crippen LogP contribution in [0.15, 0.2) is 24.3 Å². The molecule has 2 aromatic heterocycles. The Bertz CT molecular complexity index is 992. The number of piperazine rings is 1. The molecule has 1 aliphatic heterocycles. The Morgan fingerprint density at radius 3 is 2.59 bits per heavy atom. The molecule has 0 radical (unpaired) electrons. The van der Waals surface area contributed by atoms with Gasteiger partial charge in [-0.05, 0) is 32.9 Å². The third-order valence-corrected chi connectivity index (χ3v) is 5.18. The number of aromatic nitrogens is 4. The number of anilines is 1. The van der Waals surface area contributed by atoms with Crippen LogP contribution in [-0.2, 0) is 6.54 Å². The highest BCUT2D eigenvalue weighted by Gasteiger charge is 2.20. The van der Waals surface area contributed by atoms with Gasteiger partial charge in [0.15, 0.2) is 5.65 Å². The van der Waals surface area contributed by atoms with E-state index < -0.39 is 0 Å². The van der Waals surface area contributed by atoms with Crippen molar-refractivity contribution in [3.05, 3.63) is 30.0 Å². The quantitative estimate of drug-likeness (QED) is 0.589. The summed E-state index contributed by atoms with van der Waals surface area (Å²) in [4.78, 5) is 16.7. The lowest BCUT2D eigenvalue weighted by molar-refractivity contribution is 0.233. The first-order valence-electron chi connectivity index (χ1n) is 10.3. The summed E-state index contributed by atoms with van der Waals surface area (Å²) in [5, 5.41) is 17.1. The number of hydrogen-bond donors (Lipinski definition) is 3. The van der Waals surface area contributed by atoms with Crippen molar-refractivity contribution in [2.45, 2.75) is 33.4 Å². The van der Waals surface area contributed by atoms with E-state index in [0.717, 1.165) is 62.0 Å². The molecule has 154 valence electrons. The second-order valence-electron chi connectivity index (χ2n) is 7.80. The van der Waals surface area contributed by atoms with Crippen molar-refractivity contribution in [2.24, 2.45) is 0 Å². The summed E-state index contributed by atoms with van der Waals surface area (Å²) in [6, 6.07) is 7.57. The number of benzene rings is 1. The minimum Gasteiger partial charge on any atom is -0.507 e. The van der Waals surface area contributed by atoms with Crippen molar-refractivity contribution in [3.63, 3.8) is 0 Å². The first-order valence-corrected chi connectivity index (χ1v) is 10.3. The molecule has 4 rings (SSSR count). The smallest absolute Gasteiger partial charge is 0.225 e. The van der Waals surface area contributed by atoms with Crippen LogP contribution in [0.25, 0.3) is 22.6 Å². The van der Waals surface area contributed by atoms with Gasteiger partial charge < -0.3 is 20.3 Å². The summed E-state index contributed by atoms with van der Waals surface area (Å²) in [5.74, 6) is 1.56. The molecule has 0 spiro atoms. The number of para-hydroxylation sites is 1. The van der Waals surface area contributed by atoms with Crippen LogP contribution in [0.5, 0.6) is 5.75 Å². The van der Waals surface area contributed by atoms with E-state index >= 15 is 0 Å². The van der Waals surface area contributed by atoms with Crippen molar-refractivity contribution in [2.75, 3.05) is 38.0 Å². The number of imidazole rings is 1. The van der Waals surface area contributed by atoms with Gasteiger partial charge in [-0.1, -0.05) is 12.1 Å².